The molecule has 0 aliphatic heterocycles. The van der Waals surface area contributed by atoms with Gasteiger partial charge < -0.3 is 14.8 Å². The van der Waals surface area contributed by atoms with Crippen molar-refractivity contribution in [3.63, 3.8) is 0 Å². The Morgan fingerprint density at radius 3 is 2.63 bits per heavy atom. The number of nitrogens with zero attached hydrogens (tertiary/aromatic N) is 1. The summed E-state index contributed by atoms with van der Waals surface area (Å²) in [7, 11) is 3.22. The van der Waals surface area contributed by atoms with Gasteiger partial charge in [-0.25, -0.2) is 10.8 Å². The Morgan fingerprint density at radius 1 is 1.32 bits per heavy atom. The van der Waals surface area contributed by atoms with Crippen molar-refractivity contribution in [1.29, 1.82) is 0 Å². The zero-order valence-electron chi connectivity index (χ0n) is 10.7. The Bertz CT molecular complexity index is 455. The van der Waals surface area contributed by atoms with Crippen molar-refractivity contribution in [3.05, 3.63) is 21.1 Å². The van der Waals surface area contributed by atoms with Gasteiger partial charge in [0.05, 0.1) is 30.4 Å². The standard InChI is InChI=1S/C11H16Br2N4O2/c1-18-4-3-15-11(17-14)16-9-6-10(19-2)8(13)5-7(9)12/h5-6H,3-4,14H2,1-2H3,(H2,15,16,17). The van der Waals surface area contributed by atoms with Crippen LogP contribution in [0, 0.1) is 0 Å². The normalized spacial score (nSPS) is 11.3. The molecule has 0 saturated carbocycles. The topological polar surface area (TPSA) is 80.9 Å². The van der Waals surface area contributed by atoms with Crippen LogP contribution in [0.5, 0.6) is 5.75 Å². The molecule has 0 bridgehead atoms. The summed E-state index contributed by atoms with van der Waals surface area (Å²) in [6.07, 6.45) is 0. The molecular formula is C11H16Br2N4O2. The summed E-state index contributed by atoms with van der Waals surface area (Å²) < 4.78 is 11.9. The second-order valence-corrected chi connectivity index (χ2v) is 5.17. The Hall–Kier alpha value is -0.830. The number of rotatable bonds is 5. The highest BCUT2D eigenvalue weighted by Gasteiger charge is 2.08. The average Bonchev–Trinajstić information content (AvgIpc) is 2.40. The van der Waals surface area contributed by atoms with Crippen LogP contribution in [-0.2, 0) is 4.74 Å². The predicted molar refractivity (Wildman–Crippen MR) is 83.5 cm³/mol. The van der Waals surface area contributed by atoms with Crippen LogP contribution in [-0.4, -0.2) is 33.3 Å². The smallest absolute Gasteiger partial charge is 0.210 e. The van der Waals surface area contributed by atoms with Crippen LogP contribution in [0.3, 0.4) is 0 Å². The van der Waals surface area contributed by atoms with Crippen molar-refractivity contribution >= 4 is 43.5 Å². The van der Waals surface area contributed by atoms with Crippen LogP contribution in [0.25, 0.3) is 0 Å². The van der Waals surface area contributed by atoms with Crippen LogP contribution in [0.1, 0.15) is 0 Å². The number of aliphatic imine (C=N–C) groups is 1. The van der Waals surface area contributed by atoms with Crippen molar-refractivity contribution in [3.8, 4) is 5.75 Å². The summed E-state index contributed by atoms with van der Waals surface area (Å²) in [6.45, 7) is 1.03. The van der Waals surface area contributed by atoms with E-state index in [1.54, 1.807) is 14.2 Å². The van der Waals surface area contributed by atoms with E-state index in [-0.39, 0.29) is 0 Å². The third kappa shape index (κ3) is 4.98. The molecule has 1 aromatic rings. The van der Waals surface area contributed by atoms with E-state index in [1.165, 1.54) is 0 Å². The zero-order valence-corrected chi connectivity index (χ0v) is 13.8. The van der Waals surface area contributed by atoms with Gasteiger partial charge in [-0.2, -0.15) is 0 Å². The summed E-state index contributed by atoms with van der Waals surface area (Å²) in [4.78, 5) is 4.22. The van der Waals surface area contributed by atoms with E-state index in [4.69, 9.17) is 15.3 Å². The molecule has 0 aromatic heterocycles. The predicted octanol–water partition coefficient (Wildman–Crippen LogP) is 2.10. The molecule has 0 unspecified atom stereocenters. The van der Waals surface area contributed by atoms with Gasteiger partial charge in [0.15, 0.2) is 0 Å². The monoisotopic (exact) mass is 394 g/mol. The second-order valence-electron chi connectivity index (χ2n) is 3.46. The summed E-state index contributed by atoms with van der Waals surface area (Å²) in [5, 5.41) is 3.07. The van der Waals surface area contributed by atoms with E-state index in [0.717, 1.165) is 14.6 Å². The van der Waals surface area contributed by atoms with E-state index < -0.39 is 0 Å². The van der Waals surface area contributed by atoms with E-state index in [9.17, 15) is 0 Å². The molecule has 4 N–H and O–H groups in total. The Morgan fingerprint density at radius 2 is 2.05 bits per heavy atom. The van der Waals surface area contributed by atoms with Crippen LogP contribution >= 0.6 is 31.9 Å². The number of anilines is 1. The molecule has 0 aliphatic rings. The van der Waals surface area contributed by atoms with Crippen molar-refractivity contribution in [2.45, 2.75) is 0 Å². The van der Waals surface area contributed by atoms with E-state index in [2.05, 4.69) is 47.6 Å². The number of hydrazine groups is 1. The van der Waals surface area contributed by atoms with Crippen LogP contribution in [0.4, 0.5) is 5.69 Å². The molecule has 0 atom stereocenters. The molecule has 1 aromatic carbocycles. The minimum atomic E-state index is 0.446. The Kier molecular flexibility index (Phi) is 7.14. The van der Waals surface area contributed by atoms with Crippen molar-refractivity contribution < 1.29 is 9.47 Å². The number of halogens is 2. The molecule has 0 spiro atoms. The molecule has 19 heavy (non-hydrogen) atoms. The molecule has 0 heterocycles. The number of hydrogen-bond acceptors (Lipinski definition) is 4. The number of benzene rings is 1. The lowest BCUT2D eigenvalue weighted by molar-refractivity contribution is 0.208. The van der Waals surface area contributed by atoms with E-state index in [1.807, 2.05) is 12.1 Å². The number of ether oxygens (including phenoxy) is 2. The first-order chi connectivity index (χ1) is 9.12. The first-order valence-corrected chi connectivity index (χ1v) is 7.01. The highest BCUT2D eigenvalue weighted by Crippen LogP contribution is 2.34. The number of nitrogens with two attached hydrogens (primary N) is 1. The molecule has 0 saturated heterocycles. The molecule has 8 heteroatoms. The molecule has 0 aliphatic carbocycles. The van der Waals surface area contributed by atoms with Gasteiger partial charge >= 0.3 is 0 Å². The number of guanidine groups is 1. The van der Waals surface area contributed by atoms with Gasteiger partial charge in [0.1, 0.15) is 5.75 Å². The zero-order chi connectivity index (χ0) is 14.3. The van der Waals surface area contributed by atoms with Gasteiger partial charge in [0, 0.05) is 17.6 Å². The summed E-state index contributed by atoms with van der Waals surface area (Å²) in [5.41, 5.74) is 3.28. The lowest BCUT2D eigenvalue weighted by atomic mass is 10.3. The quantitative estimate of drug-likeness (QED) is 0.234. The second kappa shape index (κ2) is 8.36. The fraction of sp³-hybridized carbons (Fsp3) is 0.364. The maximum absolute atomic E-state index is 5.41. The fourth-order valence-corrected chi connectivity index (χ4v) is 2.53. The highest BCUT2D eigenvalue weighted by molar-refractivity contribution is 9.11. The van der Waals surface area contributed by atoms with Crippen LogP contribution in [0.15, 0.2) is 26.1 Å². The molecule has 0 amide bonds. The lowest BCUT2D eigenvalue weighted by Gasteiger charge is -2.13. The summed E-state index contributed by atoms with van der Waals surface area (Å²) in [6, 6.07) is 3.71. The third-order valence-electron chi connectivity index (χ3n) is 2.20. The fourth-order valence-electron chi connectivity index (χ4n) is 1.28. The first kappa shape index (κ1) is 16.2. The van der Waals surface area contributed by atoms with Crippen LogP contribution < -0.4 is 21.3 Å². The largest absolute Gasteiger partial charge is 0.495 e. The minimum absolute atomic E-state index is 0.446. The first-order valence-electron chi connectivity index (χ1n) is 5.42. The molecular weight excluding hydrogens is 380 g/mol. The highest BCUT2D eigenvalue weighted by atomic mass is 79.9. The molecule has 0 fully saturated rings. The number of hydrogen-bond donors (Lipinski definition) is 3. The Balaban J connectivity index is 2.87. The van der Waals surface area contributed by atoms with Crippen LogP contribution in [0.2, 0.25) is 0 Å². The van der Waals surface area contributed by atoms with Gasteiger partial charge in [-0.3, -0.25) is 5.43 Å². The number of nitrogens with one attached hydrogen (secondary N) is 2. The maximum atomic E-state index is 5.41. The van der Waals surface area contributed by atoms with Gasteiger partial charge in [-0.1, -0.05) is 0 Å². The van der Waals surface area contributed by atoms with Gasteiger partial charge in [0.2, 0.25) is 5.96 Å². The molecule has 0 radical (unpaired) electrons. The SMILES string of the molecule is COCCN=C(NN)Nc1cc(OC)c(Br)cc1Br. The molecule has 6 nitrogen and oxygen atoms in total. The van der Waals surface area contributed by atoms with Gasteiger partial charge in [-0.15, -0.1) is 0 Å². The van der Waals surface area contributed by atoms with Gasteiger partial charge in [0.25, 0.3) is 0 Å². The maximum Gasteiger partial charge on any atom is 0.210 e. The van der Waals surface area contributed by atoms with E-state index in [0.29, 0.717) is 24.9 Å². The Labute approximate surface area is 129 Å². The van der Waals surface area contributed by atoms with Crippen molar-refractivity contribution in [2.24, 2.45) is 10.8 Å². The van der Waals surface area contributed by atoms with E-state index >= 15 is 0 Å². The van der Waals surface area contributed by atoms with Gasteiger partial charge in [-0.05, 0) is 37.9 Å². The summed E-state index contributed by atoms with van der Waals surface area (Å²) in [5.74, 6) is 6.57. The molecule has 106 valence electrons. The number of methoxy groups -OCH3 is 2. The van der Waals surface area contributed by atoms with Crippen molar-refractivity contribution in [1.82, 2.24) is 5.43 Å². The third-order valence-corrected chi connectivity index (χ3v) is 3.47. The lowest BCUT2D eigenvalue weighted by Crippen LogP contribution is -2.36. The minimum Gasteiger partial charge on any atom is -0.495 e. The molecule has 1 rings (SSSR count). The summed E-state index contributed by atoms with van der Waals surface area (Å²) >= 11 is 6.86. The van der Waals surface area contributed by atoms with Crippen molar-refractivity contribution in [2.75, 3.05) is 32.7 Å². The average molecular weight is 396 g/mol.